The molecule has 1 aromatic rings. The minimum absolute atomic E-state index is 0.0809. The van der Waals surface area contributed by atoms with E-state index in [2.05, 4.69) is 31.0 Å². The van der Waals surface area contributed by atoms with E-state index in [-0.39, 0.29) is 5.91 Å². The van der Waals surface area contributed by atoms with Crippen molar-refractivity contribution in [3.05, 3.63) is 29.3 Å². The van der Waals surface area contributed by atoms with E-state index >= 15 is 0 Å². The molecule has 3 heteroatoms. The van der Waals surface area contributed by atoms with Crippen molar-refractivity contribution >= 4 is 11.6 Å². The van der Waals surface area contributed by atoms with Crippen molar-refractivity contribution in [1.29, 1.82) is 0 Å². The topological polar surface area (TPSA) is 55.1 Å². The number of carbonyl (C=O) groups excluding carboxylic acids is 1. The van der Waals surface area contributed by atoms with Crippen LogP contribution in [0.2, 0.25) is 0 Å². The summed E-state index contributed by atoms with van der Waals surface area (Å²) in [5.41, 5.74) is 8.29. The lowest BCUT2D eigenvalue weighted by atomic mass is 10.1. The highest BCUT2D eigenvalue weighted by Crippen LogP contribution is 2.18. The van der Waals surface area contributed by atoms with Crippen LogP contribution in [0, 0.1) is 11.8 Å². The molecule has 1 amide bonds. The second kappa shape index (κ2) is 8.34. The largest absolute Gasteiger partial charge is 0.326 e. The van der Waals surface area contributed by atoms with Crippen molar-refractivity contribution in [2.75, 3.05) is 11.9 Å². The number of nitrogens with two attached hydrogens (primary N) is 1. The molecule has 0 heterocycles. The fraction of sp³-hybridized carbons (Fsp3) is 0.438. The van der Waals surface area contributed by atoms with E-state index in [1.54, 1.807) is 0 Å². The van der Waals surface area contributed by atoms with Crippen LogP contribution in [-0.2, 0) is 11.2 Å². The maximum atomic E-state index is 11.7. The van der Waals surface area contributed by atoms with Gasteiger partial charge in [-0.3, -0.25) is 4.79 Å². The molecule has 102 valence electrons. The average molecular weight is 258 g/mol. The summed E-state index contributed by atoms with van der Waals surface area (Å²) in [6.45, 7) is 4.50. The number of anilines is 1. The molecule has 0 fully saturated rings. The quantitative estimate of drug-likeness (QED) is 0.798. The van der Waals surface area contributed by atoms with Crippen molar-refractivity contribution < 1.29 is 4.79 Å². The van der Waals surface area contributed by atoms with Crippen LogP contribution < -0.4 is 11.1 Å². The first-order chi connectivity index (χ1) is 9.21. The van der Waals surface area contributed by atoms with Crippen LogP contribution in [0.5, 0.6) is 0 Å². The predicted octanol–water partition coefficient (Wildman–Crippen LogP) is 2.69. The Labute approximate surface area is 115 Å². The minimum atomic E-state index is 0.0809. The maximum Gasteiger partial charge on any atom is 0.224 e. The van der Waals surface area contributed by atoms with E-state index in [0.717, 1.165) is 36.1 Å². The second-order valence-corrected chi connectivity index (χ2v) is 4.38. The number of carbonyl (C=O) groups is 1. The first-order valence-electron chi connectivity index (χ1n) is 6.83. The highest BCUT2D eigenvalue weighted by Gasteiger charge is 2.06. The van der Waals surface area contributed by atoms with Crippen molar-refractivity contribution in [2.45, 2.75) is 39.5 Å². The van der Waals surface area contributed by atoms with E-state index in [0.29, 0.717) is 13.0 Å². The highest BCUT2D eigenvalue weighted by molar-refractivity contribution is 5.91. The fourth-order valence-corrected chi connectivity index (χ4v) is 1.79. The Morgan fingerprint density at radius 2 is 2.16 bits per heavy atom. The van der Waals surface area contributed by atoms with Gasteiger partial charge in [-0.2, -0.15) is 0 Å². The van der Waals surface area contributed by atoms with Gasteiger partial charge in [0, 0.05) is 17.7 Å². The molecule has 0 aliphatic heterocycles. The number of aryl methyl sites for hydroxylation is 1. The zero-order chi connectivity index (χ0) is 14.1. The third-order valence-corrected chi connectivity index (χ3v) is 2.85. The molecule has 0 aromatic heterocycles. The number of benzene rings is 1. The lowest BCUT2D eigenvalue weighted by Gasteiger charge is -2.10. The van der Waals surface area contributed by atoms with Crippen LogP contribution >= 0.6 is 0 Å². The average Bonchev–Trinajstić information content (AvgIpc) is 2.43. The fourth-order valence-electron chi connectivity index (χ4n) is 1.79. The Morgan fingerprint density at radius 1 is 1.37 bits per heavy atom. The van der Waals surface area contributed by atoms with E-state index in [4.69, 9.17) is 5.73 Å². The Bertz CT molecular complexity index is 483. The van der Waals surface area contributed by atoms with Crippen molar-refractivity contribution in [2.24, 2.45) is 5.73 Å². The summed E-state index contributed by atoms with van der Waals surface area (Å²) >= 11 is 0. The molecule has 0 saturated heterocycles. The molecule has 0 bridgehead atoms. The molecule has 0 radical (unpaired) electrons. The zero-order valence-corrected chi connectivity index (χ0v) is 11.8. The van der Waals surface area contributed by atoms with Crippen molar-refractivity contribution in [1.82, 2.24) is 0 Å². The zero-order valence-electron chi connectivity index (χ0n) is 11.8. The Balaban J connectivity index is 2.81. The molecule has 0 aliphatic carbocycles. The summed E-state index contributed by atoms with van der Waals surface area (Å²) in [4.78, 5) is 11.7. The summed E-state index contributed by atoms with van der Waals surface area (Å²) in [5, 5.41) is 2.97. The standard InChI is InChI=1S/C16H22N2O/c1-3-5-8-16(19)18-15-10-9-13(7-6-11-17)12-14(15)4-2/h9-10,12H,3-5,8,11,17H2,1-2H3,(H,18,19). The molecule has 3 nitrogen and oxygen atoms in total. The van der Waals surface area contributed by atoms with E-state index in [1.807, 2.05) is 18.2 Å². The van der Waals surface area contributed by atoms with Crippen molar-refractivity contribution in [3.8, 4) is 11.8 Å². The second-order valence-electron chi connectivity index (χ2n) is 4.38. The minimum Gasteiger partial charge on any atom is -0.326 e. The first-order valence-corrected chi connectivity index (χ1v) is 6.83. The Hall–Kier alpha value is -1.79. The molecule has 0 aliphatic rings. The van der Waals surface area contributed by atoms with Gasteiger partial charge in [0.1, 0.15) is 0 Å². The number of nitrogens with one attached hydrogen (secondary N) is 1. The van der Waals surface area contributed by atoms with Crippen molar-refractivity contribution in [3.63, 3.8) is 0 Å². The summed E-state index contributed by atoms with van der Waals surface area (Å²) in [6, 6.07) is 5.85. The molecular weight excluding hydrogens is 236 g/mol. The molecule has 1 rings (SSSR count). The molecule has 0 spiro atoms. The highest BCUT2D eigenvalue weighted by atomic mass is 16.1. The van der Waals surface area contributed by atoms with Gasteiger partial charge < -0.3 is 11.1 Å². The number of rotatable bonds is 5. The third-order valence-electron chi connectivity index (χ3n) is 2.85. The van der Waals surface area contributed by atoms with E-state index < -0.39 is 0 Å². The Morgan fingerprint density at radius 3 is 2.79 bits per heavy atom. The monoisotopic (exact) mass is 258 g/mol. The van der Waals surface area contributed by atoms with Crippen LogP contribution in [0.15, 0.2) is 18.2 Å². The molecule has 0 atom stereocenters. The molecule has 0 saturated carbocycles. The number of hydrogen-bond donors (Lipinski definition) is 2. The van der Waals surface area contributed by atoms with Crippen LogP contribution in [0.3, 0.4) is 0 Å². The normalized spacial score (nSPS) is 9.63. The van der Waals surface area contributed by atoms with Crippen LogP contribution in [0.1, 0.15) is 44.2 Å². The maximum absolute atomic E-state index is 11.7. The molecule has 3 N–H and O–H groups in total. The predicted molar refractivity (Wildman–Crippen MR) is 79.9 cm³/mol. The molecule has 0 unspecified atom stereocenters. The van der Waals surface area contributed by atoms with Gasteiger partial charge in [0.15, 0.2) is 0 Å². The smallest absolute Gasteiger partial charge is 0.224 e. The number of hydrogen-bond acceptors (Lipinski definition) is 2. The van der Waals surface area contributed by atoms with Gasteiger partial charge in [-0.25, -0.2) is 0 Å². The van der Waals surface area contributed by atoms with Gasteiger partial charge >= 0.3 is 0 Å². The third kappa shape index (κ3) is 5.15. The van der Waals surface area contributed by atoms with Crippen LogP contribution in [0.4, 0.5) is 5.69 Å². The first kappa shape index (κ1) is 15.3. The summed E-state index contributed by atoms with van der Waals surface area (Å²) < 4.78 is 0. The van der Waals surface area contributed by atoms with Gasteiger partial charge in [0.25, 0.3) is 0 Å². The number of unbranched alkanes of at least 4 members (excludes halogenated alkanes) is 1. The van der Waals surface area contributed by atoms with Gasteiger partial charge in [-0.1, -0.05) is 32.1 Å². The van der Waals surface area contributed by atoms with Gasteiger partial charge in [0.2, 0.25) is 5.91 Å². The van der Waals surface area contributed by atoms with Crippen LogP contribution in [-0.4, -0.2) is 12.5 Å². The van der Waals surface area contributed by atoms with Gasteiger partial charge in [0.05, 0.1) is 6.54 Å². The van der Waals surface area contributed by atoms with E-state index in [1.165, 1.54) is 0 Å². The summed E-state index contributed by atoms with van der Waals surface area (Å²) in [5.74, 6) is 5.92. The van der Waals surface area contributed by atoms with Gasteiger partial charge in [-0.15, -0.1) is 0 Å². The summed E-state index contributed by atoms with van der Waals surface area (Å²) in [6.07, 6.45) is 3.39. The lowest BCUT2D eigenvalue weighted by Crippen LogP contribution is -2.12. The van der Waals surface area contributed by atoms with Gasteiger partial charge in [-0.05, 0) is 36.6 Å². The summed E-state index contributed by atoms with van der Waals surface area (Å²) in [7, 11) is 0. The Kier molecular flexibility index (Phi) is 6.70. The lowest BCUT2D eigenvalue weighted by molar-refractivity contribution is -0.116. The molecule has 19 heavy (non-hydrogen) atoms. The van der Waals surface area contributed by atoms with Crippen LogP contribution in [0.25, 0.3) is 0 Å². The molecule has 1 aromatic carbocycles. The van der Waals surface area contributed by atoms with E-state index in [9.17, 15) is 4.79 Å². The molecular formula is C16H22N2O. The SMILES string of the molecule is CCCCC(=O)Nc1ccc(C#CCN)cc1CC. The number of amides is 1.